The maximum absolute atomic E-state index is 12.4. The van der Waals surface area contributed by atoms with Crippen molar-refractivity contribution < 1.29 is 14.4 Å². The Kier molecular flexibility index (Phi) is 4.94. The molecule has 2 aliphatic rings. The minimum absolute atomic E-state index is 0.0970. The van der Waals surface area contributed by atoms with E-state index in [9.17, 15) is 14.4 Å². The second-order valence-electron chi connectivity index (χ2n) is 6.58. The zero-order chi connectivity index (χ0) is 17.1. The number of nitrogens with two attached hydrogens (primary N) is 1. The highest BCUT2D eigenvalue weighted by Crippen LogP contribution is 2.25. The minimum Gasteiger partial charge on any atom is -0.349 e. The number of nitrogens with zero attached hydrogens (tertiary/aromatic N) is 1. The molecule has 1 aliphatic carbocycles. The molecular formula is C18H23N3O3. The van der Waals surface area contributed by atoms with Gasteiger partial charge in [0.1, 0.15) is 0 Å². The van der Waals surface area contributed by atoms with Crippen molar-refractivity contribution in [3.8, 4) is 0 Å². The maximum Gasteiger partial charge on any atom is 0.251 e. The number of hydrogen-bond acceptors (Lipinski definition) is 4. The predicted molar refractivity (Wildman–Crippen MR) is 88.9 cm³/mol. The summed E-state index contributed by atoms with van der Waals surface area (Å²) in [7, 11) is 0. The van der Waals surface area contributed by atoms with Crippen LogP contribution in [0.4, 0.5) is 0 Å². The third kappa shape index (κ3) is 3.48. The van der Waals surface area contributed by atoms with Gasteiger partial charge in [-0.25, -0.2) is 0 Å². The molecule has 6 nitrogen and oxygen atoms in total. The van der Waals surface area contributed by atoms with E-state index in [0.717, 1.165) is 24.8 Å². The molecule has 1 heterocycles. The normalized spacial score (nSPS) is 23.8. The number of carbonyl (C=O) groups is 3. The molecule has 3 rings (SSSR count). The first-order chi connectivity index (χ1) is 11.6. The van der Waals surface area contributed by atoms with Gasteiger partial charge in [0.2, 0.25) is 11.8 Å². The van der Waals surface area contributed by atoms with E-state index in [1.807, 2.05) is 0 Å². The molecule has 1 saturated carbocycles. The molecule has 2 unspecified atom stereocenters. The topological polar surface area (TPSA) is 92.5 Å². The Hall–Kier alpha value is -2.21. The Morgan fingerprint density at radius 2 is 1.79 bits per heavy atom. The molecule has 2 fully saturated rings. The molecule has 0 radical (unpaired) electrons. The number of imide groups is 1. The van der Waals surface area contributed by atoms with Crippen molar-refractivity contribution in [1.82, 2.24) is 10.2 Å². The van der Waals surface area contributed by atoms with Crippen LogP contribution < -0.4 is 11.1 Å². The summed E-state index contributed by atoms with van der Waals surface area (Å²) in [6.45, 7) is 0.874. The number of rotatable bonds is 5. The highest BCUT2D eigenvalue weighted by atomic mass is 16.2. The van der Waals surface area contributed by atoms with Gasteiger partial charge in [0.05, 0.1) is 6.54 Å². The Bertz CT molecular complexity index is 625. The SMILES string of the molecule is NCC1CCCC1NC(=O)c1ccc(CN2C(=O)CCC2=O)cc1. The van der Waals surface area contributed by atoms with Crippen LogP contribution in [-0.2, 0) is 16.1 Å². The first-order valence-corrected chi connectivity index (χ1v) is 8.51. The summed E-state index contributed by atoms with van der Waals surface area (Å²) in [5, 5.41) is 3.07. The Balaban J connectivity index is 1.60. The number of benzene rings is 1. The average Bonchev–Trinajstić information content (AvgIpc) is 3.16. The van der Waals surface area contributed by atoms with Crippen molar-refractivity contribution in [2.75, 3.05) is 6.54 Å². The first kappa shape index (κ1) is 16.6. The predicted octanol–water partition coefficient (Wildman–Crippen LogP) is 1.19. The lowest BCUT2D eigenvalue weighted by atomic mass is 10.0. The third-order valence-electron chi connectivity index (χ3n) is 4.99. The molecule has 128 valence electrons. The van der Waals surface area contributed by atoms with Crippen molar-refractivity contribution in [2.45, 2.75) is 44.7 Å². The molecule has 2 atom stereocenters. The van der Waals surface area contributed by atoms with E-state index in [0.29, 0.717) is 30.9 Å². The van der Waals surface area contributed by atoms with Crippen molar-refractivity contribution in [3.05, 3.63) is 35.4 Å². The van der Waals surface area contributed by atoms with Crippen LogP contribution in [0.5, 0.6) is 0 Å². The van der Waals surface area contributed by atoms with E-state index in [1.54, 1.807) is 24.3 Å². The minimum atomic E-state index is -0.129. The zero-order valence-corrected chi connectivity index (χ0v) is 13.7. The van der Waals surface area contributed by atoms with Crippen LogP contribution in [0.15, 0.2) is 24.3 Å². The summed E-state index contributed by atoms with van der Waals surface area (Å²) in [5.74, 6) is 0.00685. The number of nitrogens with one attached hydrogen (secondary N) is 1. The van der Waals surface area contributed by atoms with Gasteiger partial charge in [0, 0.05) is 24.4 Å². The smallest absolute Gasteiger partial charge is 0.251 e. The fraction of sp³-hybridized carbons (Fsp3) is 0.500. The van der Waals surface area contributed by atoms with Gasteiger partial charge < -0.3 is 11.1 Å². The molecule has 24 heavy (non-hydrogen) atoms. The molecular weight excluding hydrogens is 306 g/mol. The molecule has 3 N–H and O–H groups in total. The number of amides is 3. The standard InChI is InChI=1S/C18H23N3O3/c19-10-14-2-1-3-15(14)20-18(24)13-6-4-12(5-7-13)11-21-16(22)8-9-17(21)23/h4-7,14-15H,1-3,8-11,19H2,(H,20,24). The van der Waals surface area contributed by atoms with Gasteiger partial charge in [0.15, 0.2) is 0 Å². The van der Waals surface area contributed by atoms with Gasteiger partial charge in [-0.2, -0.15) is 0 Å². The second kappa shape index (κ2) is 7.13. The third-order valence-corrected chi connectivity index (χ3v) is 4.99. The van der Waals surface area contributed by atoms with E-state index < -0.39 is 0 Å². The summed E-state index contributed by atoms with van der Waals surface area (Å²) in [6.07, 6.45) is 3.73. The summed E-state index contributed by atoms with van der Waals surface area (Å²) < 4.78 is 0. The molecule has 1 saturated heterocycles. The fourth-order valence-electron chi connectivity index (χ4n) is 3.50. The van der Waals surface area contributed by atoms with Crippen LogP contribution in [0.25, 0.3) is 0 Å². The lowest BCUT2D eigenvalue weighted by Crippen LogP contribution is -2.39. The molecule has 1 aliphatic heterocycles. The Labute approximate surface area is 141 Å². The van der Waals surface area contributed by atoms with Gasteiger partial charge in [-0.15, -0.1) is 0 Å². The number of carbonyl (C=O) groups excluding carboxylic acids is 3. The van der Waals surface area contributed by atoms with Gasteiger partial charge in [-0.3, -0.25) is 19.3 Å². The molecule has 0 bridgehead atoms. The fourth-order valence-corrected chi connectivity index (χ4v) is 3.50. The molecule has 1 aromatic carbocycles. The van der Waals surface area contributed by atoms with Crippen molar-refractivity contribution >= 4 is 17.7 Å². The summed E-state index contributed by atoms with van der Waals surface area (Å²) in [4.78, 5) is 36.9. The van der Waals surface area contributed by atoms with E-state index >= 15 is 0 Å². The van der Waals surface area contributed by atoms with Gasteiger partial charge >= 0.3 is 0 Å². The zero-order valence-electron chi connectivity index (χ0n) is 13.7. The summed E-state index contributed by atoms with van der Waals surface area (Å²) >= 11 is 0. The highest BCUT2D eigenvalue weighted by Gasteiger charge is 2.29. The highest BCUT2D eigenvalue weighted by molar-refractivity contribution is 6.01. The van der Waals surface area contributed by atoms with Crippen LogP contribution in [0.2, 0.25) is 0 Å². The van der Waals surface area contributed by atoms with Crippen molar-refractivity contribution in [3.63, 3.8) is 0 Å². The lowest BCUT2D eigenvalue weighted by Gasteiger charge is -2.19. The van der Waals surface area contributed by atoms with E-state index in [-0.39, 0.29) is 30.3 Å². The van der Waals surface area contributed by atoms with Crippen molar-refractivity contribution in [2.24, 2.45) is 11.7 Å². The van der Waals surface area contributed by atoms with Gasteiger partial charge in [-0.1, -0.05) is 18.6 Å². The molecule has 0 aromatic heterocycles. The van der Waals surface area contributed by atoms with Crippen molar-refractivity contribution in [1.29, 1.82) is 0 Å². The maximum atomic E-state index is 12.4. The largest absolute Gasteiger partial charge is 0.349 e. The van der Waals surface area contributed by atoms with Gasteiger partial charge in [0.25, 0.3) is 5.91 Å². The molecule has 3 amide bonds. The second-order valence-corrected chi connectivity index (χ2v) is 6.58. The molecule has 6 heteroatoms. The van der Waals surface area contributed by atoms with Crippen LogP contribution in [0.1, 0.15) is 48.0 Å². The molecule has 1 aromatic rings. The van der Waals surface area contributed by atoms with Gasteiger partial charge in [-0.05, 0) is 43.0 Å². The lowest BCUT2D eigenvalue weighted by molar-refractivity contribution is -0.139. The number of hydrogen-bond donors (Lipinski definition) is 2. The van der Waals surface area contributed by atoms with Crippen LogP contribution in [0, 0.1) is 5.92 Å². The monoisotopic (exact) mass is 329 g/mol. The van der Waals surface area contributed by atoms with Crippen LogP contribution in [-0.4, -0.2) is 35.2 Å². The number of likely N-dealkylation sites (tertiary alicyclic amines) is 1. The van der Waals surface area contributed by atoms with Crippen LogP contribution >= 0.6 is 0 Å². The first-order valence-electron chi connectivity index (χ1n) is 8.51. The Morgan fingerprint density at radius 3 is 2.42 bits per heavy atom. The van der Waals surface area contributed by atoms with E-state index in [2.05, 4.69) is 5.32 Å². The van der Waals surface area contributed by atoms with Crippen LogP contribution in [0.3, 0.4) is 0 Å². The van der Waals surface area contributed by atoms with E-state index in [4.69, 9.17) is 5.73 Å². The Morgan fingerprint density at radius 1 is 1.12 bits per heavy atom. The average molecular weight is 329 g/mol. The van der Waals surface area contributed by atoms with E-state index in [1.165, 1.54) is 4.90 Å². The molecule has 0 spiro atoms. The summed E-state index contributed by atoms with van der Waals surface area (Å²) in [5.41, 5.74) is 7.17. The summed E-state index contributed by atoms with van der Waals surface area (Å²) in [6, 6.07) is 7.22. The quantitative estimate of drug-likeness (QED) is 0.794.